The monoisotopic (exact) mass is 316 g/mol. The predicted octanol–water partition coefficient (Wildman–Crippen LogP) is 4.77. The highest BCUT2D eigenvalue weighted by molar-refractivity contribution is 5.34. The molecule has 3 aromatic carbocycles. The maximum absolute atomic E-state index is 13.1. The molecule has 24 heavy (non-hydrogen) atoms. The van der Waals surface area contributed by atoms with Gasteiger partial charge in [0, 0.05) is 0 Å². The van der Waals surface area contributed by atoms with Crippen LogP contribution in [0, 0.1) is 17.1 Å². The first-order chi connectivity index (χ1) is 11.8. The zero-order valence-corrected chi connectivity index (χ0v) is 13.1. The summed E-state index contributed by atoms with van der Waals surface area (Å²) in [5.41, 5.74) is 2.90. The smallest absolute Gasteiger partial charge is 0.123 e. The number of hydrogen-bond donors (Lipinski definition) is 1. The summed E-state index contributed by atoms with van der Waals surface area (Å²) in [5.74, 6) is -0.307. The van der Waals surface area contributed by atoms with Crippen molar-refractivity contribution in [3.63, 3.8) is 0 Å². The molecule has 0 saturated carbocycles. The molecule has 0 aromatic heterocycles. The van der Waals surface area contributed by atoms with Crippen molar-refractivity contribution in [2.45, 2.75) is 12.1 Å². The number of nitrogens with one attached hydrogen (secondary N) is 1. The quantitative estimate of drug-likeness (QED) is 0.736. The van der Waals surface area contributed by atoms with E-state index in [9.17, 15) is 9.65 Å². The first kappa shape index (κ1) is 15.9. The minimum atomic E-state index is -0.531. The molecule has 0 radical (unpaired) electrons. The Bertz CT molecular complexity index is 768. The first-order valence-corrected chi connectivity index (χ1v) is 7.79. The topological polar surface area (TPSA) is 35.8 Å². The second-order valence-corrected chi connectivity index (χ2v) is 5.53. The van der Waals surface area contributed by atoms with E-state index >= 15 is 0 Å². The van der Waals surface area contributed by atoms with Gasteiger partial charge in [0.25, 0.3) is 0 Å². The summed E-state index contributed by atoms with van der Waals surface area (Å²) >= 11 is 0. The van der Waals surface area contributed by atoms with Crippen molar-refractivity contribution in [3.8, 4) is 6.07 Å². The number of nitrogens with zero attached hydrogens (tertiary/aromatic N) is 1. The molecule has 3 heteroatoms. The summed E-state index contributed by atoms with van der Waals surface area (Å²) in [6.07, 6.45) is 0. The standard InChI is InChI=1S/C21H17FN2/c22-19-13-11-16(12-14-19)20(15-23)24-21(17-7-3-1-4-8-17)18-9-5-2-6-10-18/h1-14,20-21,24H/t20-/m0/s1. The van der Waals surface area contributed by atoms with Crippen molar-refractivity contribution in [3.05, 3.63) is 107 Å². The van der Waals surface area contributed by atoms with Gasteiger partial charge in [-0.05, 0) is 28.8 Å². The van der Waals surface area contributed by atoms with E-state index in [1.807, 2.05) is 60.7 Å². The summed E-state index contributed by atoms with van der Waals surface area (Å²) in [6, 6.07) is 27.6. The molecule has 0 unspecified atom stereocenters. The lowest BCUT2D eigenvalue weighted by atomic mass is 9.96. The van der Waals surface area contributed by atoms with Crippen LogP contribution in [-0.2, 0) is 0 Å². The molecule has 0 aliphatic carbocycles. The van der Waals surface area contributed by atoms with E-state index in [4.69, 9.17) is 0 Å². The van der Waals surface area contributed by atoms with Gasteiger partial charge in [-0.15, -0.1) is 0 Å². The van der Waals surface area contributed by atoms with E-state index in [1.54, 1.807) is 12.1 Å². The van der Waals surface area contributed by atoms with Gasteiger partial charge < -0.3 is 0 Å². The lowest BCUT2D eigenvalue weighted by molar-refractivity contribution is 0.557. The van der Waals surface area contributed by atoms with Gasteiger partial charge in [-0.3, -0.25) is 5.32 Å². The molecule has 3 rings (SSSR count). The summed E-state index contributed by atoms with van der Waals surface area (Å²) in [4.78, 5) is 0. The molecule has 3 aromatic rings. The van der Waals surface area contributed by atoms with E-state index in [0.717, 1.165) is 16.7 Å². The SMILES string of the molecule is N#C[C@H](NC(c1ccccc1)c1ccccc1)c1ccc(F)cc1. The van der Waals surface area contributed by atoms with Crippen LogP contribution in [0.5, 0.6) is 0 Å². The van der Waals surface area contributed by atoms with E-state index < -0.39 is 6.04 Å². The molecule has 0 saturated heterocycles. The minimum absolute atomic E-state index is 0.123. The molecule has 0 spiro atoms. The Morgan fingerprint density at radius 3 is 1.67 bits per heavy atom. The molecule has 0 heterocycles. The Labute approximate surface area is 141 Å². The molecular weight excluding hydrogens is 299 g/mol. The Morgan fingerprint density at radius 2 is 1.21 bits per heavy atom. The van der Waals surface area contributed by atoms with Crippen molar-refractivity contribution in [1.29, 1.82) is 5.26 Å². The van der Waals surface area contributed by atoms with Gasteiger partial charge in [-0.1, -0.05) is 72.8 Å². The third-order valence-electron chi connectivity index (χ3n) is 3.93. The molecule has 1 atom stereocenters. The summed E-state index contributed by atoms with van der Waals surface area (Å²) in [7, 11) is 0. The molecule has 0 aliphatic heterocycles. The summed E-state index contributed by atoms with van der Waals surface area (Å²) in [6.45, 7) is 0. The van der Waals surface area contributed by atoms with Crippen LogP contribution >= 0.6 is 0 Å². The molecule has 0 amide bonds. The second kappa shape index (κ2) is 7.54. The van der Waals surface area contributed by atoms with Crippen LogP contribution in [0.25, 0.3) is 0 Å². The fraction of sp³-hybridized carbons (Fsp3) is 0.0952. The van der Waals surface area contributed by atoms with Gasteiger partial charge in [0.15, 0.2) is 0 Å². The van der Waals surface area contributed by atoms with Crippen molar-refractivity contribution in [2.24, 2.45) is 0 Å². The van der Waals surface area contributed by atoms with Crippen LogP contribution in [-0.4, -0.2) is 0 Å². The molecule has 118 valence electrons. The fourth-order valence-electron chi connectivity index (χ4n) is 2.71. The van der Waals surface area contributed by atoms with Crippen LogP contribution in [0.2, 0.25) is 0 Å². The number of rotatable bonds is 5. The van der Waals surface area contributed by atoms with Crippen molar-refractivity contribution < 1.29 is 4.39 Å². The molecular formula is C21H17FN2. The van der Waals surface area contributed by atoms with Crippen LogP contribution in [0.15, 0.2) is 84.9 Å². The minimum Gasteiger partial charge on any atom is -0.287 e. The highest BCUT2D eigenvalue weighted by Gasteiger charge is 2.19. The van der Waals surface area contributed by atoms with E-state index in [-0.39, 0.29) is 11.9 Å². The van der Waals surface area contributed by atoms with Crippen molar-refractivity contribution >= 4 is 0 Å². The lowest BCUT2D eigenvalue weighted by Gasteiger charge is -2.23. The largest absolute Gasteiger partial charge is 0.287 e. The third kappa shape index (κ3) is 3.68. The predicted molar refractivity (Wildman–Crippen MR) is 92.6 cm³/mol. The molecule has 1 N–H and O–H groups in total. The summed E-state index contributed by atoms with van der Waals surface area (Å²) < 4.78 is 13.1. The molecule has 0 aliphatic rings. The van der Waals surface area contributed by atoms with Crippen molar-refractivity contribution in [2.75, 3.05) is 0 Å². The second-order valence-electron chi connectivity index (χ2n) is 5.53. The third-order valence-corrected chi connectivity index (χ3v) is 3.93. The Morgan fingerprint density at radius 1 is 0.708 bits per heavy atom. The van der Waals surface area contributed by atoms with Gasteiger partial charge in [-0.2, -0.15) is 5.26 Å². The van der Waals surface area contributed by atoms with Gasteiger partial charge >= 0.3 is 0 Å². The molecule has 2 nitrogen and oxygen atoms in total. The first-order valence-electron chi connectivity index (χ1n) is 7.79. The average Bonchev–Trinajstić information content (AvgIpc) is 2.65. The Balaban J connectivity index is 1.94. The Hall–Kier alpha value is -2.96. The fourth-order valence-corrected chi connectivity index (χ4v) is 2.71. The van der Waals surface area contributed by atoms with E-state index in [2.05, 4.69) is 11.4 Å². The maximum Gasteiger partial charge on any atom is 0.123 e. The van der Waals surface area contributed by atoms with E-state index in [0.29, 0.717) is 0 Å². The van der Waals surface area contributed by atoms with Gasteiger partial charge in [0.1, 0.15) is 11.9 Å². The van der Waals surface area contributed by atoms with Gasteiger partial charge in [-0.25, -0.2) is 4.39 Å². The zero-order chi connectivity index (χ0) is 16.8. The van der Waals surface area contributed by atoms with Gasteiger partial charge in [0.2, 0.25) is 0 Å². The van der Waals surface area contributed by atoms with Gasteiger partial charge in [0.05, 0.1) is 12.1 Å². The number of benzene rings is 3. The van der Waals surface area contributed by atoms with Crippen LogP contribution in [0.4, 0.5) is 4.39 Å². The average molecular weight is 316 g/mol. The normalized spacial score (nSPS) is 11.9. The number of nitriles is 1. The lowest BCUT2D eigenvalue weighted by Crippen LogP contribution is -2.26. The number of halogens is 1. The van der Waals surface area contributed by atoms with Crippen LogP contribution in [0.3, 0.4) is 0 Å². The summed E-state index contributed by atoms with van der Waals surface area (Å²) in [5, 5.41) is 13.0. The van der Waals surface area contributed by atoms with E-state index in [1.165, 1.54) is 12.1 Å². The Kier molecular flexibility index (Phi) is 5.00. The van der Waals surface area contributed by atoms with Crippen LogP contribution in [0.1, 0.15) is 28.8 Å². The number of hydrogen-bond acceptors (Lipinski definition) is 2. The highest BCUT2D eigenvalue weighted by Crippen LogP contribution is 2.26. The maximum atomic E-state index is 13.1. The molecule has 0 fully saturated rings. The van der Waals surface area contributed by atoms with Crippen LogP contribution < -0.4 is 5.32 Å². The molecule has 0 bridgehead atoms. The zero-order valence-electron chi connectivity index (χ0n) is 13.1. The van der Waals surface area contributed by atoms with Crippen molar-refractivity contribution in [1.82, 2.24) is 5.32 Å². The highest BCUT2D eigenvalue weighted by atomic mass is 19.1.